The molecule has 0 spiro atoms. The van der Waals surface area contributed by atoms with Gasteiger partial charge in [-0.15, -0.1) is 0 Å². The minimum atomic E-state index is -0.158. The molecule has 0 radical (unpaired) electrons. The van der Waals surface area contributed by atoms with Crippen LogP contribution in [0.1, 0.15) is 65.7 Å². The van der Waals surface area contributed by atoms with Gasteiger partial charge in [0.15, 0.2) is 0 Å². The molecule has 3 nitrogen and oxygen atoms in total. The molecule has 1 heterocycles. The highest BCUT2D eigenvalue weighted by Gasteiger charge is 2.54. The highest BCUT2D eigenvalue weighted by molar-refractivity contribution is 5.90. The van der Waals surface area contributed by atoms with Gasteiger partial charge in [0, 0.05) is 17.9 Å². The van der Waals surface area contributed by atoms with Crippen molar-refractivity contribution in [3.63, 3.8) is 0 Å². The van der Waals surface area contributed by atoms with Crippen molar-refractivity contribution in [1.82, 2.24) is 0 Å². The highest BCUT2D eigenvalue weighted by Crippen LogP contribution is 2.61. The largest absolute Gasteiger partial charge is 0.462 e. The molecule has 3 rings (SSSR count). The Morgan fingerprint density at radius 1 is 1.22 bits per heavy atom. The molecule has 0 aromatic carbocycles. The number of allylic oxidation sites excluding steroid dienone is 1. The Kier molecular flexibility index (Phi) is 4.41. The number of cyclic esters (lactones) is 1. The molecule has 23 heavy (non-hydrogen) atoms. The molecule has 0 aromatic heterocycles. The first-order valence-corrected chi connectivity index (χ1v) is 9.20. The SMILES string of the molecule is CC1(C)CCC[C@@]2(C)C1CC[C@@H](C=O)[C@@H]2C/C=C1/CCOC1=O. The van der Waals surface area contributed by atoms with Crippen molar-refractivity contribution in [3.8, 4) is 0 Å². The summed E-state index contributed by atoms with van der Waals surface area (Å²) in [5.74, 6) is 1.02. The normalized spacial score (nSPS) is 41.4. The second-order valence-electron chi connectivity index (χ2n) is 8.74. The molecule has 3 fully saturated rings. The van der Waals surface area contributed by atoms with Crippen LogP contribution < -0.4 is 0 Å². The summed E-state index contributed by atoms with van der Waals surface area (Å²) in [5.41, 5.74) is 1.39. The molecule has 0 amide bonds. The van der Waals surface area contributed by atoms with Gasteiger partial charge in [-0.2, -0.15) is 0 Å². The number of aldehydes is 1. The van der Waals surface area contributed by atoms with E-state index in [1.807, 2.05) is 0 Å². The number of carbonyl (C=O) groups is 2. The van der Waals surface area contributed by atoms with Crippen molar-refractivity contribution >= 4 is 12.3 Å². The van der Waals surface area contributed by atoms with Gasteiger partial charge in [-0.3, -0.25) is 0 Å². The molecular weight excluding hydrogens is 288 g/mol. The van der Waals surface area contributed by atoms with Gasteiger partial charge in [0.05, 0.1) is 6.61 Å². The van der Waals surface area contributed by atoms with Crippen molar-refractivity contribution in [2.45, 2.75) is 65.7 Å². The van der Waals surface area contributed by atoms with E-state index in [-0.39, 0.29) is 17.3 Å². The summed E-state index contributed by atoms with van der Waals surface area (Å²) in [7, 11) is 0. The molecule has 0 aromatic rings. The Hall–Kier alpha value is -1.12. The highest BCUT2D eigenvalue weighted by atomic mass is 16.5. The van der Waals surface area contributed by atoms with Crippen LogP contribution in [0, 0.1) is 28.6 Å². The molecule has 1 saturated heterocycles. The standard InChI is InChI=1S/C20H30O3/c1-19(2)10-4-11-20(3)16(15(13-21)6-8-17(19)20)7-5-14-9-12-23-18(14)22/h5,13,15-17H,4,6-12H2,1-3H3/b14-5-/t15-,16-,17?,20+/m0/s1. The molecule has 2 saturated carbocycles. The fourth-order valence-corrected chi connectivity index (χ4v) is 5.89. The van der Waals surface area contributed by atoms with Crippen molar-refractivity contribution in [1.29, 1.82) is 0 Å². The quantitative estimate of drug-likeness (QED) is 0.442. The van der Waals surface area contributed by atoms with Crippen molar-refractivity contribution < 1.29 is 14.3 Å². The number of hydrogen-bond donors (Lipinski definition) is 0. The first-order valence-electron chi connectivity index (χ1n) is 9.20. The lowest BCUT2D eigenvalue weighted by molar-refractivity contribution is -0.135. The van der Waals surface area contributed by atoms with E-state index < -0.39 is 0 Å². The van der Waals surface area contributed by atoms with Gasteiger partial charge in [0.25, 0.3) is 0 Å². The van der Waals surface area contributed by atoms with Gasteiger partial charge >= 0.3 is 5.97 Å². The summed E-state index contributed by atoms with van der Waals surface area (Å²) < 4.78 is 5.05. The number of carbonyl (C=O) groups excluding carboxylic acids is 2. The summed E-state index contributed by atoms with van der Waals surface area (Å²) in [6, 6.07) is 0. The predicted molar refractivity (Wildman–Crippen MR) is 89.8 cm³/mol. The van der Waals surface area contributed by atoms with Crippen LogP contribution in [0.2, 0.25) is 0 Å². The number of rotatable bonds is 3. The van der Waals surface area contributed by atoms with Crippen LogP contribution in [-0.4, -0.2) is 18.9 Å². The third-order valence-electron chi connectivity index (χ3n) is 7.09. The number of ether oxygens (including phenoxy) is 1. The van der Waals surface area contributed by atoms with Crippen LogP contribution >= 0.6 is 0 Å². The molecular formula is C20H30O3. The maximum Gasteiger partial charge on any atom is 0.333 e. The zero-order chi connectivity index (χ0) is 16.7. The molecule has 128 valence electrons. The predicted octanol–water partition coefficient (Wildman–Crippen LogP) is 4.31. The van der Waals surface area contributed by atoms with Crippen molar-refractivity contribution in [2.75, 3.05) is 6.61 Å². The van der Waals surface area contributed by atoms with Gasteiger partial charge in [0.2, 0.25) is 0 Å². The second-order valence-corrected chi connectivity index (χ2v) is 8.74. The van der Waals surface area contributed by atoms with E-state index in [1.54, 1.807) is 0 Å². The lowest BCUT2D eigenvalue weighted by Crippen LogP contribution is -2.51. The second kappa shape index (κ2) is 6.07. The minimum absolute atomic E-state index is 0.138. The maximum absolute atomic E-state index is 11.7. The topological polar surface area (TPSA) is 43.4 Å². The zero-order valence-electron chi connectivity index (χ0n) is 14.8. The summed E-state index contributed by atoms with van der Waals surface area (Å²) in [6.45, 7) is 7.73. The summed E-state index contributed by atoms with van der Waals surface area (Å²) >= 11 is 0. The van der Waals surface area contributed by atoms with E-state index in [9.17, 15) is 9.59 Å². The van der Waals surface area contributed by atoms with Gasteiger partial charge in [0.1, 0.15) is 6.29 Å². The number of fused-ring (bicyclic) bond motifs is 1. The average Bonchev–Trinajstić information content (AvgIpc) is 2.89. The van der Waals surface area contributed by atoms with Crippen LogP contribution in [0.15, 0.2) is 11.6 Å². The zero-order valence-corrected chi connectivity index (χ0v) is 14.8. The Bertz CT molecular complexity index is 519. The van der Waals surface area contributed by atoms with E-state index in [2.05, 4.69) is 26.8 Å². The van der Waals surface area contributed by atoms with Crippen molar-refractivity contribution in [2.24, 2.45) is 28.6 Å². The van der Waals surface area contributed by atoms with Crippen LogP contribution in [-0.2, 0) is 14.3 Å². The minimum Gasteiger partial charge on any atom is -0.462 e. The monoisotopic (exact) mass is 318 g/mol. The molecule has 1 unspecified atom stereocenters. The van der Waals surface area contributed by atoms with Crippen molar-refractivity contribution in [3.05, 3.63) is 11.6 Å². The fourth-order valence-electron chi connectivity index (χ4n) is 5.89. The molecule has 1 aliphatic heterocycles. The van der Waals surface area contributed by atoms with E-state index in [1.165, 1.54) is 32.0 Å². The van der Waals surface area contributed by atoms with Gasteiger partial charge in [-0.05, 0) is 54.8 Å². The molecule has 0 N–H and O–H groups in total. The van der Waals surface area contributed by atoms with Gasteiger partial charge in [-0.25, -0.2) is 4.79 Å². The van der Waals surface area contributed by atoms with Crippen LogP contribution in [0.3, 0.4) is 0 Å². The Morgan fingerprint density at radius 2 is 2.00 bits per heavy atom. The first-order chi connectivity index (χ1) is 10.9. The molecule has 4 atom stereocenters. The third kappa shape index (κ3) is 2.88. The number of esters is 1. The van der Waals surface area contributed by atoms with E-state index in [0.29, 0.717) is 23.9 Å². The summed E-state index contributed by atoms with van der Waals surface area (Å²) in [4.78, 5) is 23.4. The smallest absolute Gasteiger partial charge is 0.333 e. The van der Waals surface area contributed by atoms with Gasteiger partial charge < -0.3 is 9.53 Å². The summed E-state index contributed by atoms with van der Waals surface area (Å²) in [5, 5.41) is 0. The maximum atomic E-state index is 11.7. The lowest BCUT2D eigenvalue weighted by Gasteiger charge is -2.58. The third-order valence-corrected chi connectivity index (χ3v) is 7.09. The lowest BCUT2D eigenvalue weighted by atomic mass is 9.46. The Labute approximate surface area is 139 Å². The molecule has 2 aliphatic carbocycles. The molecule has 3 heteroatoms. The van der Waals surface area contributed by atoms with Gasteiger partial charge in [-0.1, -0.05) is 33.3 Å². The molecule has 0 bridgehead atoms. The summed E-state index contributed by atoms with van der Waals surface area (Å²) in [6.07, 6.45) is 10.8. The van der Waals surface area contributed by atoms with Crippen LogP contribution in [0.4, 0.5) is 0 Å². The van der Waals surface area contributed by atoms with E-state index >= 15 is 0 Å². The Balaban J connectivity index is 1.87. The van der Waals surface area contributed by atoms with Crippen LogP contribution in [0.5, 0.6) is 0 Å². The van der Waals surface area contributed by atoms with Crippen LogP contribution in [0.25, 0.3) is 0 Å². The first kappa shape index (κ1) is 16.7. The number of hydrogen-bond acceptors (Lipinski definition) is 3. The van der Waals surface area contributed by atoms with E-state index in [0.717, 1.165) is 24.8 Å². The Morgan fingerprint density at radius 3 is 2.65 bits per heavy atom. The fraction of sp³-hybridized carbons (Fsp3) is 0.800. The molecule has 3 aliphatic rings. The van der Waals surface area contributed by atoms with E-state index in [4.69, 9.17) is 4.74 Å². The average molecular weight is 318 g/mol.